The van der Waals surface area contributed by atoms with Crippen LogP contribution in [0.4, 0.5) is 0 Å². The second kappa shape index (κ2) is 8.03. The van der Waals surface area contributed by atoms with Gasteiger partial charge in [-0.2, -0.15) is 0 Å². The van der Waals surface area contributed by atoms with E-state index in [0.29, 0.717) is 6.54 Å². The minimum atomic E-state index is -0.790. The number of aliphatic hydroxyl groups is 3. The third-order valence-corrected chi connectivity index (χ3v) is 3.77. The van der Waals surface area contributed by atoms with E-state index < -0.39 is 12.2 Å². The largest absolute Gasteiger partial charge is 0.396 e. The van der Waals surface area contributed by atoms with Crippen molar-refractivity contribution in [2.45, 2.75) is 63.7 Å². The highest BCUT2D eigenvalue weighted by molar-refractivity contribution is 4.91. The minimum absolute atomic E-state index is 0.0646. The van der Waals surface area contributed by atoms with Gasteiger partial charge in [0.25, 0.3) is 0 Å². The van der Waals surface area contributed by atoms with Crippen molar-refractivity contribution in [2.75, 3.05) is 13.2 Å². The van der Waals surface area contributed by atoms with Gasteiger partial charge in [-0.05, 0) is 6.42 Å². The summed E-state index contributed by atoms with van der Waals surface area (Å²) in [4.78, 5) is 0. The third-order valence-electron chi connectivity index (χ3n) is 3.77. The van der Waals surface area contributed by atoms with Crippen LogP contribution in [-0.4, -0.2) is 46.7 Å². The zero-order valence-electron chi connectivity index (χ0n) is 10.8. The summed E-state index contributed by atoms with van der Waals surface area (Å²) in [5.74, 6) is -0.232. The standard InChI is InChI=1S/C13H27NO3/c1-2-3-4-5-6-7-11-10(9-15)13(17)12(16)8-14-11/h10-17H,2-9H2,1H3/t10-,11+,12+,13+/m0/s1. The van der Waals surface area contributed by atoms with Crippen LogP contribution in [0.1, 0.15) is 45.4 Å². The van der Waals surface area contributed by atoms with Gasteiger partial charge in [-0.1, -0.05) is 39.0 Å². The van der Waals surface area contributed by atoms with Gasteiger partial charge in [0.2, 0.25) is 0 Å². The van der Waals surface area contributed by atoms with Crippen LogP contribution in [0.25, 0.3) is 0 Å². The Bertz CT molecular complexity index is 201. The third kappa shape index (κ3) is 4.54. The first-order chi connectivity index (χ1) is 8.20. The van der Waals surface area contributed by atoms with Gasteiger partial charge in [-0.25, -0.2) is 0 Å². The van der Waals surface area contributed by atoms with Crippen molar-refractivity contribution in [3.63, 3.8) is 0 Å². The van der Waals surface area contributed by atoms with E-state index >= 15 is 0 Å². The Hall–Kier alpha value is -0.160. The molecule has 0 aromatic carbocycles. The molecule has 4 heteroatoms. The Morgan fingerprint density at radius 1 is 1.12 bits per heavy atom. The Morgan fingerprint density at radius 3 is 2.47 bits per heavy atom. The first-order valence-corrected chi connectivity index (χ1v) is 6.91. The maximum atomic E-state index is 9.80. The number of unbranched alkanes of at least 4 members (excludes halogenated alkanes) is 4. The number of piperidine rings is 1. The smallest absolute Gasteiger partial charge is 0.0927 e. The van der Waals surface area contributed by atoms with E-state index in [2.05, 4.69) is 12.2 Å². The number of β-amino-alcohol motifs (C(OH)–C–C–N with tert-alkyl or cyclic N) is 1. The summed E-state index contributed by atoms with van der Waals surface area (Å²) in [6.07, 6.45) is 5.55. The predicted octanol–water partition coefficient (Wildman–Crippen LogP) is 0.649. The lowest BCUT2D eigenvalue weighted by atomic mass is 9.84. The lowest BCUT2D eigenvalue weighted by Gasteiger charge is -2.38. The quantitative estimate of drug-likeness (QED) is 0.497. The molecule has 0 unspecified atom stereocenters. The molecule has 102 valence electrons. The van der Waals surface area contributed by atoms with Crippen molar-refractivity contribution < 1.29 is 15.3 Å². The highest BCUT2D eigenvalue weighted by Crippen LogP contribution is 2.21. The summed E-state index contributed by atoms with van der Waals surface area (Å²) in [5, 5.41) is 31.8. The highest BCUT2D eigenvalue weighted by Gasteiger charge is 2.36. The van der Waals surface area contributed by atoms with Crippen molar-refractivity contribution in [3.05, 3.63) is 0 Å². The zero-order valence-corrected chi connectivity index (χ0v) is 10.8. The maximum absolute atomic E-state index is 9.80. The SMILES string of the molecule is CCCCCCC[C@H]1NC[C@@H](O)[C@H](O)[C@H]1CO. The molecule has 1 rings (SSSR count). The molecular formula is C13H27NO3. The van der Waals surface area contributed by atoms with Crippen LogP contribution in [0.2, 0.25) is 0 Å². The van der Waals surface area contributed by atoms with Crippen LogP contribution in [0, 0.1) is 5.92 Å². The maximum Gasteiger partial charge on any atom is 0.0927 e. The number of aliphatic hydroxyl groups excluding tert-OH is 3. The molecule has 0 amide bonds. The summed E-state index contributed by atoms with van der Waals surface area (Å²) in [7, 11) is 0. The fourth-order valence-corrected chi connectivity index (χ4v) is 2.59. The van der Waals surface area contributed by atoms with E-state index in [1.165, 1.54) is 25.7 Å². The molecule has 1 saturated heterocycles. The van der Waals surface area contributed by atoms with E-state index in [9.17, 15) is 15.3 Å². The lowest BCUT2D eigenvalue weighted by Crippen LogP contribution is -2.57. The molecule has 1 heterocycles. The summed E-state index contributed by atoms with van der Waals surface area (Å²) in [6, 6.07) is 0.139. The first-order valence-electron chi connectivity index (χ1n) is 6.91. The molecule has 1 aliphatic rings. The van der Waals surface area contributed by atoms with Gasteiger partial charge >= 0.3 is 0 Å². The lowest BCUT2D eigenvalue weighted by molar-refractivity contribution is -0.0679. The van der Waals surface area contributed by atoms with Crippen LogP contribution >= 0.6 is 0 Å². The number of hydrogen-bond donors (Lipinski definition) is 4. The minimum Gasteiger partial charge on any atom is -0.396 e. The monoisotopic (exact) mass is 245 g/mol. The van der Waals surface area contributed by atoms with Crippen LogP contribution in [0.5, 0.6) is 0 Å². The van der Waals surface area contributed by atoms with Crippen LogP contribution in [0.3, 0.4) is 0 Å². The number of hydrogen-bond acceptors (Lipinski definition) is 4. The summed E-state index contributed by atoms with van der Waals surface area (Å²) in [6.45, 7) is 2.56. The molecule has 4 N–H and O–H groups in total. The van der Waals surface area contributed by atoms with Crippen molar-refractivity contribution in [2.24, 2.45) is 5.92 Å². The summed E-state index contributed by atoms with van der Waals surface area (Å²) < 4.78 is 0. The molecule has 1 fully saturated rings. The van der Waals surface area contributed by atoms with Crippen molar-refractivity contribution in [1.82, 2.24) is 5.32 Å². The molecule has 0 radical (unpaired) electrons. The van der Waals surface area contributed by atoms with E-state index in [1.807, 2.05) is 0 Å². The Balaban J connectivity index is 2.26. The van der Waals surface area contributed by atoms with Crippen molar-refractivity contribution >= 4 is 0 Å². The Labute approximate surface area is 104 Å². The van der Waals surface area contributed by atoms with Gasteiger partial charge in [-0.3, -0.25) is 0 Å². The van der Waals surface area contributed by atoms with Gasteiger partial charge in [-0.15, -0.1) is 0 Å². The molecule has 1 aliphatic heterocycles. The van der Waals surface area contributed by atoms with Crippen LogP contribution < -0.4 is 5.32 Å². The van der Waals surface area contributed by atoms with Gasteiger partial charge in [0.1, 0.15) is 0 Å². The molecule has 0 aromatic rings. The van der Waals surface area contributed by atoms with Gasteiger partial charge < -0.3 is 20.6 Å². The fourth-order valence-electron chi connectivity index (χ4n) is 2.59. The number of rotatable bonds is 7. The van der Waals surface area contributed by atoms with Gasteiger partial charge in [0.15, 0.2) is 0 Å². The molecule has 0 spiro atoms. The van der Waals surface area contributed by atoms with Crippen molar-refractivity contribution in [1.29, 1.82) is 0 Å². The van der Waals surface area contributed by atoms with Gasteiger partial charge in [0.05, 0.1) is 12.2 Å². The van der Waals surface area contributed by atoms with E-state index in [4.69, 9.17) is 0 Å². The molecule has 0 saturated carbocycles. The normalized spacial score (nSPS) is 33.9. The summed E-state index contributed by atoms with van der Waals surface area (Å²) >= 11 is 0. The van der Waals surface area contributed by atoms with E-state index in [1.54, 1.807) is 0 Å². The molecule has 4 nitrogen and oxygen atoms in total. The summed E-state index contributed by atoms with van der Waals surface area (Å²) in [5.41, 5.74) is 0. The highest BCUT2D eigenvalue weighted by atomic mass is 16.3. The molecule has 0 bridgehead atoms. The fraction of sp³-hybridized carbons (Fsp3) is 1.00. The Kier molecular flexibility index (Phi) is 7.04. The average Bonchev–Trinajstić information content (AvgIpc) is 2.33. The van der Waals surface area contributed by atoms with E-state index in [-0.39, 0.29) is 18.6 Å². The Morgan fingerprint density at radius 2 is 1.82 bits per heavy atom. The average molecular weight is 245 g/mol. The van der Waals surface area contributed by atoms with Crippen molar-refractivity contribution in [3.8, 4) is 0 Å². The van der Waals surface area contributed by atoms with Crippen LogP contribution in [-0.2, 0) is 0 Å². The second-order valence-corrected chi connectivity index (χ2v) is 5.12. The molecule has 17 heavy (non-hydrogen) atoms. The second-order valence-electron chi connectivity index (χ2n) is 5.12. The molecule has 4 atom stereocenters. The van der Waals surface area contributed by atoms with E-state index in [0.717, 1.165) is 12.8 Å². The topological polar surface area (TPSA) is 72.7 Å². The zero-order chi connectivity index (χ0) is 12.7. The number of nitrogens with one attached hydrogen (secondary N) is 1. The van der Waals surface area contributed by atoms with Gasteiger partial charge in [0, 0.05) is 25.1 Å². The molecular weight excluding hydrogens is 218 g/mol. The van der Waals surface area contributed by atoms with Crippen LogP contribution in [0.15, 0.2) is 0 Å². The first kappa shape index (κ1) is 14.9. The molecule has 0 aromatic heterocycles. The predicted molar refractivity (Wildman–Crippen MR) is 67.8 cm³/mol. The molecule has 0 aliphatic carbocycles.